The van der Waals surface area contributed by atoms with Gasteiger partial charge in [0, 0.05) is 13.0 Å². The van der Waals surface area contributed by atoms with E-state index in [0.29, 0.717) is 19.4 Å². The molecule has 0 saturated carbocycles. The summed E-state index contributed by atoms with van der Waals surface area (Å²) in [5, 5.41) is 8.97. The van der Waals surface area contributed by atoms with E-state index >= 15 is 0 Å². The summed E-state index contributed by atoms with van der Waals surface area (Å²) in [5.74, 6) is -0.303. The molecule has 106 valence electrons. The number of nitrogens with two attached hydrogens (primary N) is 2. The Morgan fingerprint density at radius 3 is 2.79 bits per heavy atom. The normalized spacial score (nSPS) is 21.8. The SMILES string of the molecule is C[C@@H](CCC(=O)CN)[C@H](N)C(=O)N1CCC[C@H]1C#N. The van der Waals surface area contributed by atoms with Crippen LogP contribution in [0.5, 0.6) is 0 Å². The quantitative estimate of drug-likeness (QED) is 0.689. The highest BCUT2D eigenvalue weighted by Gasteiger charge is 2.33. The molecule has 1 amide bonds. The van der Waals surface area contributed by atoms with Crippen molar-refractivity contribution in [3.05, 3.63) is 0 Å². The zero-order chi connectivity index (χ0) is 14.4. The summed E-state index contributed by atoms with van der Waals surface area (Å²) in [5.41, 5.74) is 11.2. The zero-order valence-electron chi connectivity index (χ0n) is 11.3. The molecule has 6 nitrogen and oxygen atoms in total. The van der Waals surface area contributed by atoms with Crippen molar-refractivity contribution in [1.82, 2.24) is 4.90 Å². The summed E-state index contributed by atoms with van der Waals surface area (Å²) in [7, 11) is 0. The molecule has 0 spiro atoms. The molecule has 4 N–H and O–H groups in total. The lowest BCUT2D eigenvalue weighted by molar-refractivity contribution is -0.134. The number of amides is 1. The number of Topliss-reactive ketones (excluding diaryl/α,β-unsaturated/α-hetero) is 1. The van der Waals surface area contributed by atoms with E-state index < -0.39 is 6.04 Å². The van der Waals surface area contributed by atoms with Crippen LogP contribution in [0.4, 0.5) is 0 Å². The third-order valence-electron chi connectivity index (χ3n) is 3.69. The van der Waals surface area contributed by atoms with E-state index in [9.17, 15) is 9.59 Å². The first-order valence-corrected chi connectivity index (χ1v) is 6.68. The van der Waals surface area contributed by atoms with Crippen molar-refractivity contribution in [1.29, 1.82) is 5.26 Å². The molecule has 0 radical (unpaired) electrons. The third-order valence-corrected chi connectivity index (χ3v) is 3.69. The number of nitrogens with zero attached hydrogens (tertiary/aromatic N) is 2. The minimum absolute atomic E-state index is 0.0254. The first-order valence-electron chi connectivity index (χ1n) is 6.68. The van der Waals surface area contributed by atoms with Crippen LogP contribution in [0.1, 0.15) is 32.6 Å². The van der Waals surface area contributed by atoms with Gasteiger partial charge in [-0.2, -0.15) is 5.26 Å². The molecule has 1 heterocycles. The predicted molar refractivity (Wildman–Crippen MR) is 70.8 cm³/mol. The van der Waals surface area contributed by atoms with E-state index in [1.54, 1.807) is 4.90 Å². The monoisotopic (exact) mass is 266 g/mol. The van der Waals surface area contributed by atoms with Gasteiger partial charge in [0.05, 0.1) is 18.7 Å². The fourth-order valence-electron chi connectivity index (χ4n) is 2.27. The molecule has 1 aliphatic heterocycles. The molecule has 6 heteroatoms. The number of carbonyl (C=O) groups is 2. The highest BCUT2D eigenvalue weighted by atomic mass is 16.2. The van der Waals surface area contributed by atoms with Crippen LogP contribution in [-0.4, -0.2) is 41.8 Å². The molecule has 0 aromatic carbocycles. The van der Waals surface area contributed by atoms with Crippen LogP contribution in [0.2, 0.25) is 0 Å². The Morgan fingerprint density at radius 1 is 1.53 bits per heavy atom. The highest BCUT2D eigenvalue weighted by Crippen LogP contribution is 2.20. The van der Waals surface area contributed by atoms with Crippen LogP contribution in [0.15, 0.2) is 0 Å². The van der Waals surface area contributed by atoms with Crippen molar-refractivity contribution in [2.45, 2.75) is 44.7 Å². The van der Waals surface area contributed by atoms with Crippen molar-refractivity contribution in [3.8, 4) is 6.07 Å². The van der Waals surface area contributed by atoms with Gasteiger partial charge in [-0.1, -0.05) is 6.92 Å². The summed E-state index contributed by atoms with van der Waals surface area (Å²) >= 11 is 0. The molecule has 1 rings (SSSR count). The standard InChI is InChI=1S/C13H22N4O2/c1-9(4-5-11(18)8-15)12(16)13(19)17-6-2-3-10(17)7-14/h9-10,12H,2-6,8,15-16H2,1H3/t9-,10-,12-/m0/s1. The zero-order valence-corrected chi connectivity index (χ0v) is 11.3. The minimum Gasteiger partial charge on any atom is -0.325 e. The number of likely N-dealkylation sites (tertiary alicyclic amines) is 1. The number of hydrogen-bond acceptors (Lipinski definition) is 5. The Bertz CT molecular complexity index is 377. The van der Waals surface area contributed by atoms with Crippen LogP contribution >= 0.6 is 0 Å². The molecule has 0 aromatic rings. The molecular weight excluding hydrogens is 244 g/mol. The second-order valence-electron chi connectivity index (χ2n) is 5.10. The maximum Gasteiger partial charge on any atom is 0.240 e. The molecule has 1 aliphatic rings. The third kappa shape index (κ3) is 4.01. The molecule has 1 saturated heterocycles. The van der Waals surface area contributed by atoms with Crippen molar-refractivity contribution < 1.29 is 9.59 Å². The van der Waals surface area contributed by atoms with E-state index in [1.807, 2.05) is 6.92 Å². The Hall–Kier alpha value is -1.45. The van der Waals surface area contributed by atoms with Crippen LogP contribution in [-0.2, 0) is 9.59 Å². The maximum absolute atomic E-state index is 12.2. The fraction of sp³-hybridized carbons (Fsp3) is 0.769. The van der Waals surface area contributed by atoms with Crippen LogP contribution in [0.3, 0.4) is 0 Å². The van der Waals surface area contributed by atoms with Gasteiger partial charge in [-0.3, -0.25) is 9.59 Å². The lowest BCUT2D eigenvalue weighted by Crippen LogP contribution is -2.48. The van der Waals surface area contributed by atoms with Crippen LogP contribution < -0.4 is 11.5 Å². The van der Waals surface area contributed by atoms with Gasteiger partial charge in [-0.05, 0) is 25.2 Å². The molecule has 0 bridgehead atoms. The average molecular weight is 266 g/mol. The number of hydrogen-bond donors (Lipinski definition) is 2. The minimum atomic E-state index is -0.653. The van der Waals surface area contributed by atoms with Crippen molar-refractivity contribution in [3.63, 3.8) is 0 Å². The number of nitriles is 1. The van der Waals surface area contributed by atoms with Gasteiger partial charge in [0.25, 0.3) is 0 Å². The summed E-state index contributed by atoms with van der Waals surface area (Å²) in [6.45, 7) is 2.47. The second kappa shape index (κ2) is 7.22. The van der Waals surface area contributed by atoms with E-state index in [0.717, 1.165) is 12.8 Å². The number of carbonyl (C=O) groups excluding carboxylic acids is 2. The van der Waals surface area contributed by atoms with Gasteiger partial charge in [0.1, 0.15) is 11.8 Å². The fourth-order valence-corrected chi connectivity index (χ4v) is 2.27. The van der Waals surface area contributed by atoms with Gasteiger partial charge in [-0.15, -0.1) is 0 Å². The Labute approximate surface area is 113 Å². The molecule has 1 fully saturated rings. The van der Waals surface area contributed by atoms with Gasteiger partial charge < -0.3 is 16.4 Å². The van der Waals surface area contributed by atoms with Gasteiger partial charge in [0.15, 0.2) is 0 Å². The van der Waals surface area contributed by atoms with Crippen molar-refractivity contribution in [2.24, 2.45) is 17.4 Å². The summed E-state index contributed by atoms with van der Waals surface area (Å²) in [6, 6.07) is 1.12. The molecule has 3 atom stereocenters. The molecular formula is C13H22N4O2. The van der Waals surface area contributed by atoms with Crippen molar-refractivity contribution in [2.75, 3.05) is 13.1 Å². The highest BCUT2D eigenvalue weighted by molar-refractivity contribution is 5.83. The van der Waals surface area contributed by atoms with Crippen molar-refractivity contribution >= 4 is 11.7 Å². The number of rotatable bonds is 6. The first kappa shape index (κ1) is 15.6. The van der Waals surface area contributed by atoms with E-state index in [1.165, 1.54) is 0 Å². The number of ketones is 1. The molecule has 0 aliphatic carbocycles. The van der Waals surface area contributed by atoms with Gasteiger partial charge >= 0.3 is 0 Å². The maximum atomic E-state index is 12.2. The lowest BCUT2D eigenvalue weighted by Gasteiger charge is -2.26. The smallest absolute Gasteiger partial charge is 0.240 e. The van der Waals surface area contributed by atoms with Crippen LogP contribution in [0, 0.1) is 17.2 Å². The second-order valence-corrected chi connectivity index (χ2v) is 5.10. The Balaban J connectivity index is 2.52. The van der Waals surface area contributed by atoms with Crippen LogP contribution in [0.25, 0.3) is 0 Å². The van der Waals surface area contributed by atoms with Gasteiger partial charge in [-0.25, -0.2) is 0 Å². The first-order chi connectivity index (χ1) is 9.01. The molecule has 19 heavy (non-hydrogen) atoms. The average Bonchev–Trinajstić information content (AvgIpc) is 2.90. The summed E-state index contributed by atoms with van der Waals surface area (Å²) in [4.78, 5) is 24.9. The summed E-state index contributed by atoms with van der Waals surface area (Å²) in [6.07, 6.45) is 2.46. The largest absolute Gasteiger partial charge is 0.325 e. The molecule has 0 unspecified atom stereocenters. The Kier molecular flexibility index (Phi) is 5.93. The summed E-state index contributed by atoms with van der Waals surface area (Å²) < 4.78 is 0. The Morgan fingerprint density at radius 2 is 2.21 bits per heavy atom. The lowest BCUT2D eigenvalue weighted by atomic mass is 9.95. The van der Waals surface area contributed by atoms with E-state index in [4.69, 9.17) is 16.7 Å². The topological polar surface area (TPSA) is 113 Å². The van der Waals surface area contributed by atoms with E-state index in [-0.39, 0.29) is 30.2 Å². The van der Waals surface area contributed by atoms with Gasteiger partial charge in [0.2, 0.25) is 5.91 Å². The molecule has 0 aromatic heterocycles. The van der Waals surface area contributed by atoms with E-state index in [2.05, 4.69) is 6.07 Å². The predicted octanol–water partition coefficient (Wildman–Crippen LogP) is -0.228.